The lowest BCUT2D eigenvalue weighted by Gasteiger charge is -2.36. The lowest BCUT2D eigenvalue weighted by atomic mass is 9.98. The quantitative estimate of drug-likeness (QED) is 0.860. The third-order valence-corrected chi connectivity index (χ3v) is 3.60. The van der Waals surface area contributed by atoms with E-state index in [-0.39, 0.29) is 24.7 Å². The number of rotatable bonds is 3. The standard InChI is InChI=1S/C15H18N2O3/c1-4-5-17-11-7-13-12(19-8-20-13)6-10(11)16-14(9(2)3)15(17)18/h4,6-7,9,14,16H,1,5,8H2,2-3H3. The molecule has 1 aromatic rings. The third-order valence-electron chi connectivity index (χ3n) is 3.60. The van der Waals surface area contributed by atoms with Crippen molar-refractivity contribution in [1.29, 1.82) is 0 Å². The number of nitrogens with zero attached hydrogens (tertiary/aromatic N) is 1. The maximum atomic E-state index is 12.6. The Morgan fingerprint density at radius 3 is 2.80 bits per heavy atom. The predicted molar refractivity (Wildman–Crippen MR) is 77.4 cm³/mol. The molecule has 0 aliphatic carbocycles. The van der Waals surface area contributed by atoms with Crippen molar-refractivity contribution in [3.8, 4) is 11.5 Å². The van der Waals surface area contributed by atoms with Gasteiger partial charge in [-0.1, -0.05) is 19.9 Å². The number of amides is 1. The molecule has 20 heavy (non-hydrogen) atoms. The molecule has 1 unspecified atom stereocenters. The highest BCUT2D eigenvalue weighted by Gasteiger charge is 2.35. The minimum Gasteiger partial charge on any atom is -0.454 e. The molecule has 1 aromatic carbocycles. The first-order valence-electron chi connectivity index (χ1n) is 6.74. The van der Waals surface area contributed by atoms with E-state index in [0.29, 0.717) is 18.0 Å². The summed E-state index contributed by atoms with van der Waals surface area (Å²) in [6, 6.07) is 3.51. The van der Waals surface area contributed by atoms with Crippen LogP contribution in [-0.4, -0.2) is 25.3 Å². The van der Waals surface area contributed by atoms with Crippen molar-refractivity contribution in [2.24, 2.45) is 5.92 Å². The van der Waals surface area contributed by atoms with Crippen LogP contribution in [0.3, 0.4) is 0 Å². The number of hydrogen-bond donors (Lipinski definition) is 1. The van der Waals surface area contributed by atoms with E-state index in [4.69, 9.17) is 9.47 Å². The number of hydrogen-bond acceptors (Lipinski definition) is 4. The van der Waals surface area contributed by atoms with Crippen LogP contribution in [0.4, 0.5) is 11.4 Å². The molecule has 0 saturated heterocycles. The Labute approximate surface area is 118 Å². The molecule has 2 heterocycles. The fraction of sp³-hybridized carbons (Fsp3) is 0.400. The van der Waals surface area contributed by atoms with Crippen molar-refractivity contribution in [3.05, 3.63) is 24.8 Å². The lowest BCUT2D eigenvalue weighted by Crippen LogP contribution is -2.49. The SMILES string of the molecule is C=CCN1C(=O)C(C(C)C)Nc2cc3c(cc21)OCO3. The number of ether oxygens (including phenoxy) is 2. The van der Waals surface area contributed by atoms with Crippen molar-refractivity contribution in [2.75, 3.05) is 23.6 Å². The second-order valence-corrected chi connectivity index (χ2v) is 5.33. The van der Waals surface area contributed by atoms with E-state index in [1.807, 2.05) is 26.0 Å². The maximum absolute atomic E-state index is 12.6. The number of nitrogens with one attached hydrogen (secondary N) is 1. The molecule has 3 rings (SSSR count). The molecule has 1 N–H and O–H groups in total. The van der Waals surface area contributed by atoms with Crippen LogP contribution in [0.2, 0.25) is 0 Å². The van der Waals surface area contributed by atoms with Crippen LogP contribution in [0.15, 0.2) is 24.8 Å². The molecule has 5 nitrogen and oxygen atoms in total. The van der Waals surface area contributed by atoms with Crippen LogP contribution in [0.5, 0.6) is 11.5 Å². The third kappa shape index (κ3) is 1.90. The molecule has 106 valence electrons. The Bertz CT molecular complexity index is 568. The zero-order valence-electron chi connectivity index (χ0n) is 11.7. The Kier molecular flexibility index (Phi) is 3.04. The summed E-state index contributed by atoms with van der Waals surface area (Å²) in [6.07, 6.45) is 1.73. The van der Waals surface area contributed by atoms with E-state index < -0.39 is 0 Å². The number of benzene rings is 1. The number of carbonyl (C=O) groups excluding carboxylic acids is 1. The van der Waals surface area contributed by atoms with Crippen LogP contribution < -0.4 is 19.7 Å². The monoisotopic (exact) mass is 274 g/mol. The van der Waals surface area contributed by atoms with Gasteiger partial charge in [-0.25, -0.2) is 0 Å². The first-order valence-corrected chi connectivity index (χ1v) is 6.74. The highest BCUT2D eigenvalue weighted by atomic mass is 16.7. The fourth-order valence-electron chi connectivity index (χ4n) is 2.56. The normalized spacial score (nSPS) is 19.9. The summed E-state index contributed by atoms with van der Waals surface area (Å²) in [4.78, 5) is 14.3. The average molecular weight is 274 g/mol. The van der Waals surface area contributed by atoms with Crippen molar-refractivity contribution in [1.82, 2.24) is 0 Å². The van der Waals surface area contributed by atoms with Gasteiger partial charge in [0.1, 0.15) is 6.04 Å². The summed E-state index contributed by atoms with van der Waals surface area (Å²) >= 11 is 0. The van der Waals surface area contributed by atoms with E-state index in [2.05, 4.69) is 11.9 Å². The number of carbonyl (C=O) groups is 1. The highest BCUT2D eigenvalue weighted by Crippen LogP contribution is 2.43. The van der Waals surface area contributed by atoms with Gasteiger partial charge in [0.2, 0.25) is 12.7 Å². The molecule has 0 saturated carbocycles. The summed E-state index contributed by atoms with van der Waals surface area (Å²) in [7, 11) is 0. The zero-order chi connectivity index (χ0) is 14.3. The summed E-state index contributed by atoms with van der Waals surface area (Å²) in [5.74, 6) is 1.65. The van der Waals surface area contributed by atoms with Crippen LogP contribution in [0, 0.1) is 5.92 Å². The van der Waals surface area contributed by atoms with Gasteiger partial charge in [-0.3, -0.25) is 4.79 Å². The topological polar surface area (TPSA) is 50.8 Å². The number of anilines is 2. The molecule has 5 heteroatoms. The molecule has 0 fully saturated rings. The van der Waals surface area contributed by atoms with Gasteiger partial charge in [-0.15, -0.1) is 6.58 Å². The molecule has 0 aromatic heterocycles. The Morgan fingerprint density at radius 2 is 2.15 bits per heavy atom. The molecule has 0 bridgehead atoms. The van der Waals surface area contributed by atoms with Gasteiger partial charge in [-0.05, 0) is 5.92 Å². The van der Waals surface area contributed by atoms with Gasteiger partial charge in [0, 0.05) is 18.7 Å². The predicted octanol–water partition coefficient (Wildman–Crippen LogP) is 2.38. The largest absolute Gasteiger partial charge is 0.454 e. The minimum atomic E-state index is -0.233. The fourth-order valence-corrected chi connectivity index (χ4v) is 2.56. The molecule has 1 atom stereocenters. The average Bonchev–Trinajstić information content (AvgIpc) is 2.86. The van der Waals surface area contributed by atoms with E-state index in [1.165, 1.54) is 0 Å². The van der Waals surface area contributed by atoms with E-state index in [9.17, 15) is 4.79 Å². The van der Waals surface area contributed by atoms with Crippen molar-refractivity contribution in [3.63, 3.8) is 0 Å². The molecular weight excluding hydrogens is 256 g/mol. The second kappa shape index (κ2) is 4.74. The van der Waals surface area contributed by atoms with Crippen molar-refractivity contribution >= 4 is 17.3 Å². The highest BCUT2D eigenvalue weighted by molar-refractivity contribution is 6.05. The van der Waals surface area contributed by atoms with Gasteiger partial charge in [-0.2, -0.15) is 0 Å². The minimum absolute atomic E-state index is 0.0614. The van der Waals surface area contributed by atoms with E-state index in [1.54, 1.807) is 11.0 Å². The summed E-state index contributed by atoms with van der Waals surface area (Å²) < 4.78 is 10.8. The van der Waals surface area contributed by atoms with Crippen LogP contribution in [0.25, 0.3) is 0 Å². The summed E-state index contributed by atoms with van der Waals surface area (Å²) in [5, 5.41) is 3.30. The first kappa shape index (κ1) is 12.8. The zero-order valence-corrected chi connectivity index (χ0v) is 11.7. The molecule has 0 spiro atoms. The Morgan fingerprint density at radius 1 is 1.45 bits per heavy atom. The molecule has 0 radical (unpaired) electrons. The maximum Gasteiger partial charge on any atom is 0.250 e. The Hall–Kier alpha value is -2.17. The van der Waals surface area contributed by atoms with Gasteiger partial charge in [0.05, 0.1) is 11.4 Å². The molecule has 2 aliphatic rings. The van der Waals surface area contributed by atoms with Crippen LogP contribution in [-0.2, 0) is 4.79 Å². The molecule has 2 aliphatic heterocycles. The van der Waals surface area contributed by atoms with Crippen LogP contribution >= 0.6 is 0 Å². The van der Waals surface area contributed by atoms with Gasteiger partial charge < -0.3 is 19.7 Å². The number of fused-ring (bicyclic) bond motifs is 2. The first-order chi connectivity index (χ1) is 9.61. The molecule has 1 amide bonds. The second-order valence-electron chi connectivity index (χ2n) is 5.33. The Balaban J connectivity index is 2.07. The smallest absolute Gasteiger partial charge is 0.250 e. The van der Waals surface area contributed by atoms with Crippen molar-refractivity contribution in [2.45, 2.75) is 19.9 Å². The van der Waals surface area contributed by atoms with Gasteiger partial charge in [0.25, 0.3) is 0 Å². The van der Waals surface area contributed by atoms with E-state index in [0.717, 1.165) is 11.4 Å². The summed E-state index contributed by atoms with van der Waals surface area (Å²) in [6.45, 7) is 8.50. The lowest BCUT2D eigenvalue weighted by molar-refractivity contribution is -0.120. The molecular formula is C15H18N2O3. The van der Waals surface area contributed by atoms with Crippen LogP contribution in [0.1, 0.15) is 13.8 Å². The van der Waals surface area contributed by atoms with E-state index >= 15 is 0 Å². The summed E-state index contributed by atoms with van der Waals surface area (Å²) in [5.41, 5.74) is 1.71. The van der Waals surface area contributed by atoms with Gasteiger partial charge in [0.15, 0.2) is 11.5 Å². The van der Waals surface area contributed by atoms with Crippen molar-refractivity contribution < 1.29 is 14.3 Å². The van der Waals surface area contributed by atoms with Gasteiger partial charge >= 0.3 is 0 Å².